The summed E-state index contributed by atoms with van der Waals surface area (Å²) in [5.41, 5.74) is 1.23. The van der Waals surface area contributed by atoms with Crippen molar-refractivity contribution in [3.05, 3.63) is 28.8 Å². The Morgan fingerprint density at radius 1 is 1.56 bits per heavy atom. The highest BCUT2D eigenvalue weighted by Crippen LogP contribution is 2.30. The lowest BCUT2D eigenvalue weighted by atomic mass is 10.1. The van der Waals surface area contributed by atoms with Crippen molar-refractivity contribution in [1.82, 2.24) is 5.32 Å². The van der Waals surface area contributed by atoms with Crippen LogP contribution in [0.5, 0.6) is 5.75 Å². The maximum Gasteiger partial charge on any atom is 0.123 e. The molecule has 1 aromatic rings. The lowest BCUT2D eigenvalue weighted by Gasteiger charge is -2.14. The largest absolute Gasteiger partial charge is 0.488 e. The van der Waals surface area contributed by atoms with Crippen LogP contribution in [0.25, 0.3) is 0 Å². The first-order chi connectivity index (χ1) is 8.69. The van der Waals surface area contributed by atoms with Crippen molar-refractivity contribution in [3.8, 4) is 5.75 Å². The van der Waals surface area contributed by atoms with Crippen molar-refractivity contribution in [2.75, 3.05) is 25.1 Å². The van der Waals surface area contributed by atoms with Gasteiger partial charge in [-0.2, -0.15) is 11.8 Å². The molecule has 4 heteroatoms. The molecule has 0 fully saturated rings. The molecule has 1 aliphatic rings. The molecule has 0 radical (unpaired) electrons. The summed E-state index contributed by atoms with van der Waals surface area (Å²) in [5, 5.41) is 4.28. The van der Waals surface area contributed by atoms with Crippen LogP contribution in [0, 0.1) is 5.92 Å². The molecule has 0 aliphatic carbocycles. The van der Waals surface area contributed by atoms with Crippen LogP contribution in [0.1, 0.15) is 12.5 Å². The van der Waals surface area contributed by atoms with Crippen molar-refractivity contribution < 1.29 is 4.74 Å². The lowest BCUT2D eigenvalue weighted by Crippen LogP contribution is -2.33. The van der Waals surface area contributed by atoms with Gasteiger partial charge in [0.05, 0.1) is 0 Å². The van der Waals surface area contributed by atoms with Crippen LogP contribution in [-0.2, 0) is 6.42 Å². The summed E-state index contributed by atoms with van der Waals surface area (Å²) in [6, 6.07) is 5.86. The van der Waals surface area contributed by atoms with Crippen LogP contribution in [0.4, 0.5) is 0 Å². The van der Waals surface area contributed by atoms with Gasteiger partial charge in [-0.1, -0.05) is 18.5 Å². The second-order valence-electron chi connectivity index (χ2n) is 4.91. The van der Waals surface area contributed by atoms with Crippen molar-refractivity contribution in [2.45, 2.75) is 19.4 Å². The Kier molecular flexibility index (Phi) is 5.22. The Bertz CT molecular complexity index is 399. The number of hydrogen-bond acceptors (Lipinski definition) is 3. The highest BCUT2D eigenvalue weighted by atomic mass is 35.5. The van der Waals surface area contributed by atoms with Gasteiger partial charge in [-0.3, -0.25) is 0 Å². The second kappa shape index (κ2) is 6.69. The summed E-state index contributed by atoms with van der Waals surface area (Å²) < 4.78 is 5.88. The summed E-state index contributed by atoms with van der Waals surface area (Å²) in [4.78, 5) is 0. The summed E-state index contributed by atoms with van der Waals surface area (Å²) in [5.74, 6) is 2.90. The molecule has 1 N–H and O–H groups in total. The van der Waals surface area contributed by atoms with Crippen LogP contribution < -0.4 is 10.1 Å². The molecule has 1 heterocycles. The average Bonchev–Trinajstić information content (AvgIpc) is 2.71. The van der Waals surface area contributed by atoms with E-state index < -0.39 is 0 Å². The molecule has 0 amide bonds. The third kappa shape index (κ3) is 3.81. The van der Waals surface area contributed by atoms with Crippen LogP contribution in [0.15, 0.2) is 18.2 Å². The highest BCUT2D eigenvalue weighted by Gasteiger charge is 2.22. The Balaban J connectivity index is 1.74. The fourth-order valence-corrected chi connectivity index (χ4v) is 3.12. The number of benzene rings is 1. The van der Waals surface area contributed by atoms with Gasteiger partial charge in [-0.05, 0) is 48.2 Å². The third-order valence-corrected chi connectivity index (χ3v) is 4.22. The summed E-state index contributed by atoms with van der Waals surface area (Å²) in [6.45, 7) is 4.23. The monoisotopic (exact) mass is 285 g/mol. The van der Waals surface area contributed by atoms with Crippen LogP contribution in [-0.4, -0.2) is 31.2 Å². The molecule has 2 unspecified atom stereocenters. The fraction of sp³-hybridized carbons (Fsp3) is 0.571. The number of thioether (sulfide) groups is 1. The molecule has 0 spiro atoms. The van der Waals surface area contributed by atoms with Gasteiger partial charge in [0.25, 0.3) is 0 Å². The van der Waals surface area contributed by atoms with Crippen LogP contribution >= 0.6 is 23.4 Å². The number of hydrogen-bond donors (Lipinski definition) is 1. The smallest absolute Gasteiger partial charge is 0.123 e. The SMILES string of the molecule is CSCC(C)CNCC1Cc2cc(Cl)ccc2O1. The van der Waals surface area contributed by atoms with E-state index in [4.69, 9.17) is 16.3 Å². The molecule has 100 valence electrons. The summed E-state index contributed by atoms with van der Waals surface area (Å²) in [7, 11) is 0. The predicted octanol–water partition coefficient (Wildman–Crippen LogP) is 3.23. The number of nitrogens with one attached hydrogen (secondary N) is 1. The molecule has 0 saturated carbocycles. The highest BCUT2D eigenvalue weighted by molar-refractivity contribution is 7.98. The Hall–Kier alpha value is -0.380. The molecule has 0 saturated heterocycles. The first-order valence-electron chi connectivity index (χ1n) is 6.33. The van der Waals surface area contributed by atoms with E-state index in [2.05, 4.69) is 18.5 Å². The van der Waals surface area contributed by atoms with Gasteiger partial charge in [-0.15, -0.1) is 0 Å². The molecule has 2 atom stereocenters. The number of rotatable bonds is 6. The molecule has 0 aromatic heterocycles. The van der Waals surface area contributed by atoms with Gasteiger partial charge in [-0.25, -0.2) is 0 Å². The van der Waals surface area contributed by atoms with Crippen molar-refractivity contribution in [2.24, 2.45) is 5.92 Å². The fourth-order valence-electron chi connectivity index (χ4n) is 2.24. The van der Waals surface area contributed by atoms with E-state index in [1.165, 1.54) is 11.3 Å². The van der Waals surface area contributed by atoms with Gasteiger partial charge >= 0.3 is 0 Å². The molecule has 2 nitrogen and oxygen atoms in total. The van der Waals surface area contributed by atoms with Gasteiger partial charge in [0.1, 0.15) is 11.9 Å². The van der Waals surface area contributed by atoms with Crippen molar-refractivity contribution >= 4 is 23.4 Å². The zero-order chi connectivity index (χ0) is 13.0. The van der Waals surface area contributed by atoms with Gasteiger partial charge < -0.3 is 10.1 Å². The molecule has 18 heavy (non-hydrogen) atoms. The Labute approximate surface area is 118 Å². The quantitative estimate of drug-likeness (QED) is 0.867. The molecule has 0 bridgehead atoms. The zero-order valence-corrected chi connectivity index (χ0v) is 12.5. The lowest BCUT2D eigenvalue weighted by molar-refractivity contribution is 0.226. The maximum atomic E-state index is 5.98. The van der Waals surface area contributed by atoms with E-state index >= 15 is 0 Å². The van der Waals surface area contributed by atoms with Crippen molar-refractivity contribution in [1.29, 1.82) is 0 Å². The first kappa shape index (κ1) is 14.0. The van der Waals surface area contributed by atoms with Crippen LogP contribution in [0.2, 0.25) is 5.02 Å². The minimum absolute atomic E-state index is 0.250. The summed E-state index contributed by atoms with van der Waals surface area (Å²) >= 11 is 7.88. The van der Waals surface area contributed by atoms with E-state index in [0.29, 0.717) is 5.92 Å². The molecule has 2 rings (SSSR count). The minimum Gasteiger partial charge on any atom is -0.488 e. The second-order valence-corrected chi connectivity index (χ2v) is 6.26. The molecular weight excluding hydrogens is 266 g/mol. The minimum atomic E-state index is 0.250. The van der Waals surface area contributed by atoms with E-state index in [-0.39, 0.29) is 6.10 Å². The standard InChI is InChI=1S/C14H20ClNOS/c1-10(9-18-2)7-16-8-13-6-11-5-12(15)3-4-14(11)17-13/h3-5,10,13,16H,6-9H2,1-2H3. The van der Waals surface area contributed by atoms with Gasteiger partial charge in [0, 0.05) is 18.0 Å². The van der Waals surface area contributed by atoms with Crippen molar-refractivity contribution in [3.63, 3.8) is 0 Å². The number of ether oxygens (including phenoxy) is 1. The third-order valence-electron chi connectivity index (χ3n) is 3.08. The Morgan fingerprint density at radius 3 is 3.17 bits per heavy atom. The number of halogens is 1. The first-order valence-corrected chi connectivity index (χ1v) is 8.11. The predicted molar refractivity (Wildman–Crippen MR) is 80.0 cm³/mol. The van der Waals surface area contributed by atoms with E-state index in [1.54, 1.807) is 0 Å². The Morgan fingerprint density at radius 2 is 2.39 bits per heavy atom. The van der Waals surface area contributed by atoms with E-state index in [0.717, 1.165) is 30.3 Å². The molecular formula is C14H20ClNOS. The normalized spacial score (nSPS) is 19.4. The number of fused-ring (bicyclic) bond motifs is 1. The van der Waals surface area contributed by atoms with Gasteiger partial charge in [0.15, 0.2) is 0 Å². The maximum absolute atomic E-state index is 5.98. The van der Waals surface area contributed by atoms with Crippen LogP contribution in [0.3, 0.4) is 0 Å². The molecule has 1 aliphatic heterocycles. The zero-order valence-electron chi connectivity index (χ0n) is 10.9. The summed E-state index contributed by atoms with van der Waals surface area (Å²) in [6.07, 6.45) is 3.36. The van der Waals surface area contributed by atoms with E-state index in [9.17, 15) is 0 Å². The molecule has 1 aromatic carbocycles. The van der Waals surface area contributed by atoms with Gasteiger partial charge in [0.2, 0.25) is 0 Å². The topological polar surface area (TPSA) is 21.3 Å². The average molecular weight is 286 g/mol. The van der Waals surface area contributed by atoms with E-state index in [1.807, 2.05) is 30.0 Å².